The van der Waals surface area contributed by atoms with Gasteiger partial charge in [0.25, 0.3) is 11.6 Å². The summed E-state index contributed by atoms with van der Waals surface area (Å²) in [5.74, 6) is -0.0473. The lowest BCUT2D eigenvalue weighted by atomic mass is 10.2. The van der Waals surface area contributed by atoms with Gasteiger partial charge >= 0.3 is 0 Å². The van der Waals surface area contributed by atoms with Crippen LogP contribution in [0.2, 0.25) is 5.02 Å². The first-order chi connectivity index (χ1) is 14.8. The van der Waals surface area contributed by atoms with E-state index in [2.05, 4.69) is 20.8 Å². The molecule has 10 nitrogen and oxygen atoms in total. The van der Waals surface area contributed by atoms with Crippen molar-refractivity contribution >= 4 is 46.6 Å². The summed E-state index contributed by atoms with van der Waals surface area (Å²) in [5, 5.41) is 25.0. The highest BCUT2D eigenvalue weighted by atomic mass is 35.5. The standard InChI is InChI=1S/C19H17ClN6O4S/c1-25-16(10-21-18(28)14-4-2-3-5-15(14)20)23-24-19(25)31-11-17(27)22-12-6-8-13(9-7-12)26(29)30/h2-9H,10-11H2,1H3,(H,21,28)(H,22,27). The van der Waals surface area contributed by atoms with Crippen LogP contribution in [0.15, 0.2) is 53.7 Å². The summed E-state index contributed by atoms with van der Waals surface area (Å²) >= 11 is 7.19. The molecule has 0 saturated heterocycles. The molecule has 1 aromatic heterocycles. The SMILES string of the molecule is Cn1c(CNC(=O)c2ccccc2Cl)nnc1SCC(=O)Nc1ccc([N+](=O)[O-])cc1. The topological polar surface area (TPSA) is 132 Å². The molecule has 0 bridgehead atoms. The number of carbonyl (C=O) groups excluding carboxylic acids is 2. The monoisotopic (exact) mass is 460 g/mol. The Morgan fingerprint density at radius 1 is 1.16 bits per heavy atom. The van der Waals surface area contributed by atoms with Crippen LogP contribution in [0.4, 0.5) is 11.4 Å². The first-order valence-corrected chi connectivity index (χ1v) is 10.3. The smallest absolute Gasteiger partial charge is 0.269 e. The zero-order chi connectivity index (χ0) is 22.4. The quantitative estimate of drug-likeness (QED) is 0.300. The third-order valence-electron chi connectivity index (χ3n) is 4.14. The van der Waals surface area contributed by atoms with E-state index >= 15 is 0 Å². The van der Waals surface area contributed by atoms with Gasteiger partial charge in [0.1, 0.15) is 0 Å². The largest absolute Gasteiger partial charge is 0.345 e. The Hall–Kier alpha value is -3.44. The van der Waals surface area contributed by atoms with Gasteiger partial charge in [-0.25, -0.2) is 0 Å². The number of thioether (sulfide) groups is 1. The van der Waals surface area contributed by atoms with Crippen LogP contribution < -0.4 is 10.6 Å². The fourth-order valence-corrected chi connectivity index (χ4v) is 3.47. The van der Waals surface area contributed by atoms with Crippen LogP contribution in [0.1, 0.15) is 16.2 Å². The lowest BCUT2D eigenvalue weighted by Crippen LogP contribution is -2.24. The second-order valence-electron chi connectivity index (χ2n) is 6.26. The molecule has 31 heavy (non-hydrogen) atoms. The maximum Gasteiger partial charge on any atom is 0.269 e. The van der Waals surface area contributed by atoms with E-state index in [0.717, 1.165) is 0 Å². The second-order valence-corrected chi connectivity index (χ2v) is 7.61. The number of benzene rings is 2. The fraction of sp³-hybridized carbons (Fsp3) is 0.158. The van der Waals surface area contributed by atoms with Gasteiger partial charge in [-0.15, -0.1) is 10.2 Å². The molecule has 1 heterocycles. The summed E-state index contributed by atoms with van der Waals surface area (Å²) in [6, 6.07) is 12.3. The molecule has 2 aromatic carbocycles. The van der Waals surface area contributed by atoms with Crippen LogP contribution in [0.25, 0.3) is 0 Å². The van der Waals surface area contributed by atoms with E-state index in [-0.39, 0.29) is 29.8 Å². The Morgan fingerprint density at radius 3 is 2.55 bits per heavy atom. The molecule has 0 aliphatic rings. The van der Waals surface area contributed by atoms with Crippen LogP contribution in [0, 0.1) is 10.1 Å². The van der Waals surface area contributed by atoms with Crippen molar-refractivity contribution in [1.82, 2.24) is 20.1 Å². The lowest BCUT2D eigenvalue weighted by molar-refractivity contribution is -0.384. The zero-order valence-corrected chi connectivity index (χ0v) is 17.8. The molecule has 0 spiro atoms. The normalized spacial score (nSPS) is 10.5. The van der Waals surface area contributed by atoms with Crippen LogP contribution in [0.5, 0.6) is 0 Å². The first-order valence-electron chi connectivity index (χ1n) is 8.93. The molecule has 2 N–H and O–H groups in total. The van der Waals surface area contributed by atoms with Gasteiger partial charge in [-0.1, -0.05) is 35.5 Å². The molecule has 0 fully saturated rings. The molecule has 2 amide bonds. The van der Waals surface area contributed by atoms with Crippen molar-refractivity contribution in [3.05, 3.63) is 75.1 Å². The number of nitro groups is 1. The average Bonchev–Trinajstić information content (AvgIpc) is 3.10. The molecule has 0 unspecified atom stereocenters. The molecule has 12 heteroatoms. The maximum atomic E-state index is 12.3. The second kappa shape index (κ2) is 10.0. The number of rotatable bonds is 8. The zero-order valence-electron chi connectivity index (χ0n) is 16.2. The van der Waals surface area contributed by atoms with Gasteiger partial charge in [0.2, 0.25) is 5.91 Å². The number of anilines is 1. The van der Waals surface area contributed by atoms with Crippen molar-refractivity contribution in [3.8, 4) is 0 Å². The Bertz CT molecular complexity index is 1120. The Labute approximate surface area is 186 Å². The molecule has 3 rings (SSSR count). The number of non-ortho nitro benzene ring substituents is 1. The minimum atomic E-state index is -0.510. The van der Waals surface area contributed by atoms with Crippen LogP contribution >= 0.6 is 23.4 Å². The van der Waals surface area contributed by atoms with E-state index in [4.69, 9.17) is 11.6 Å². The Balaban J connectivity index is 1.51. The number of hydrogen-bond acceptors (Lipinski definition) is 7. The van der Waals surface area contributed by atoms with Crippen molar-refractivity contribution in [1.29, 1.82) is 0 Å². The van der Waals surface area contributed by atoms with E-state index < -0.39 is 4.92 Å². The summed E-state index contributed by atoms with van der Waals surface area (Å²) in [5.41, 5.74) is 0.765. The fourth-order valence-electron chi connectivity index (χ4n) is 2.52. The predicted octanol–water partition coefficient (Wildman–Crippen LogP) is 3.04. The van der Waals surface area contributed by atoms with Gasteiger partial charge in [-0.2, -0.15) is 0 Å². The highest BCUT2D eigenvalue weighted by Crippen LogP contribution is 2.19. The molecule has 160 valence electrons. The van der Waals surface area contributed by atoms with E-state index in [0.29, 0.717) is 27.3 Å². The Kier molecular flexibility index (Phi) is 7.21. The summed E-state index contributed by atoms with van der Waals surface area (Å²) in [7, 11) is 1.73. The van der Waals surface area contributed by atoms with Crippen LogP contribution in [-0.2, 0) is 18.4 Å². The summed E-state index contributed by atoms with van der Waals surface area (Å²) in [6.07, 6.45) is 0. The van der Waals surface area contributed by atoms with Crippen molar-refractivity contribution in [3.63, 3.8) is 0 Å². The number of nitrogens with one attached hydrogen (secondary N) is 2. The van der Waals surface area contributed by atoms with Crippen molar-refractivity contribution in [2.75, 3.05) is 11.1 Å². The first kappa shape index (κ1) is 22.2. The van der Waals surface area contributed by atoms with Crippen LogP contribution in [-0.4, -0.2) is 37.3 Å². The summed E-state index contributed by atoms with van der Waals surface area (Å²) < 4.78 is 1.68. The van der Waals surface area contributed by atoms with Gasteiger partial charge in [-0.05, 0) is 24.3 Å². The van der Waals surface area contributed by atoms with Crippen molar-refractivity contribution in [2.45, 2.75) is 11.7 Å². The van der Waals surface area contributed by atoms with Gasteiger partial charge in [0.05, 0.1) is 27.8 Å². The number of carbonyl (C=O) groups is 2. The molecule has 3 aromatic rings. The number of amides is 2. The number of nitrogens with zero attached hydrogens (tertiary/aromatic N) is 4. The number of aromatic nitrogens is 3. The third-order valence-corrected chi connectivity index (χ3v) is 5.49. The molecular formula is C19H17ClN6O4S. The van der Waals surface area contributed by atoms with Gasteiger partial charge < -0.3 is 15.2 Å². The highest BCUT2D eigenvalue weighted by Gasteiger charge is 2.14. The number of hydrogen-bond donors (Lipinski definition) is 2. The molecule has 0 atom stereocenters. The predicted molar refractivity (Wildman–Crippen MR) is 116 cm³/mol. The van der Waals surface area contributed by atoms with Gasteiger partial charge in [0, 0.05) is 24.9 Å². The molecule has 0 radical (unpaired) electrons. The van der Waals surface area contributed by atoms with E-state index in [1.54, 1.807) is 35.9 Å². The van der Waals surface area contributed by atoms with Gasteiger partial charge in [0.15, 0.2) is 11.0 Å². The molecule has 0 aliphatic heterocycles. The van der Waals surface area contributed by atoms with E-state index in [1.807, 2.05) is 0 Å². The number of nitro benzene ring substituents is 1. The summed E-state index contributed by atoms with van der Waals surface area (Å²) in [4.78, 5) is 34.5. The van der Waals surface area contributed by atoms with Crippen LogP contribution in [0.3, 0.4) is 0 Å². The Morgan fingerprint density at radius 2 is 1.87 bits per heavy atom. The minimum Gasteiger partial charge on any atom is -0.345 e. The lowest BCUT2D eigenvalue weighted by Gasteiger charge is -2.07. The van der Waals surface area contributed by atoms with E-state index in [9.17, 15) is 19.7 Å². The highest BCUT2D eigenvalue weighted by molar-refractivity contribution is 7.99. The van der Waals surface area contributed by atoms with E-state index in [1.165, 1.54) is 36.0 Å². The van der Waals surface area contributed by atoms with Crippen molar-refractivity contribution < 1.29 is 14.5 Å². The maximum absolute atomic E-state index is 12.3. The molecule has 0 saturated carbocycles. The van der Waals surface area contributed by atoms with Gasteiger partial charge in [-0.3, -0.25) is 19.7 Å². The third kappa shape index (κ3) is 5.80. The molecular weight excluding hydrogens is 444 g/mol. The minimum absolute atomic E-state index is 0.0550. The van der Waals surface area contributed by atoms with Crippen molar-refractivity contribution in [2.24, 2.45) is 7.05 Å². The average molecular weight is 461 g/mol. The molecule has 0 aliphatic carbocycles. The summed E-state index contributed by atoms with van der Waals surface area (Å²) in [6.45, 7) is 0.142. The number of halogens is 1.